The predicted molar refractivity (Wildman–Crippen MR) is 95.0 cm³/mol. The zero-order valence-electron chi connectivity index (χ0n) is 13.0. The second-order valence-electron chi connectivity index (χ2n) is 5.48. The highest BCUT2D eigenvalue weighted by Gasteiger charge is 2.16. The molecule has 3 aromatic rings. The number of fused-ring (bicyclic) bond motifs is 1. The van der Waals surface area contributed by atoms with Crippen LogP contribution in [0.2, 0.25) is 0 Å². The van der Waals surface area contributed by atoms with Gasteiger partial charge in [0.05, 0.1) is 4.90 Å². The Labute approximate surface area is 149 Å². The van der Waals surface area contributed by atoms with Gasteiger partial charge in [0.1, 0.15) is 10.6 Å². The molecule has 0 aliphatic carbocycles. The maximum Gasteiger partial charge on any atom is 0.298 e. The van der Waals surface area contributed by atoms with Gasteiger partial charge in [0.15, 0.2) is 0 Å². The van der Waals surface area contributed by atoms with Crippen molar-refractivity contribution in [2.24, 2.45) is 0 Å². The standard InChI is InChI=1S/C16H13NO7S2/c18-15-8-11-7-13(2-1-10(11)9-16(15)26(22,23)24)17-12-3-5-14(6-4-12)25(19,20)21/h1-9,17-18H,(H,19,20,21)(H,22,23,24). The summed E-state index contributed by atoms with van der Waals surface area (Å²) in [6.45, 7) is 0. The van der Waals surface area contributed by atoms with Crippen LogP contribution in [0, 0.1) is 0 Å². The molecule has 136 valence electrons. The molecule has 10 heteroatoms. The fourth-order valence-electron chi connectivity index (χ4n) is 2.43. The quantitative estimate of drug-likeness (QED) is 0.494. The lowest BCUT2D eigenvalue weighted by Crippen LogP contribution is -1.99. The van der Waals surface area contributed by atoms with Gasteiger partial charge >= 0.3 is 0 Å². The highest BCUT2D eigenvalue weighted by Crippen LogP contribution is 2.31. The molecule has 0 aromatic heterocycles. The number of hydrogen-bond acceptors (Lipinski definition) is 6. The van der Waals surface area contributed by atoms with Gasteiger partial charge in [0.25, 0.3) is 20.2 Å². The summed E-state index contributed by atoms with van der Waals surface area (Å²) in [5.74, 6) is -0.574. The van der Waals surface area contributed by atoms with Gasteiger partial charge < -0.3 is 10.4 Å². The van der Waals surface area contributed by atoms with E-state index in [4.69, 9.17) is 9.11 Å². The van der Waals surface area contributed by atoms with Crippen molar-refractivity contribution in [2.45, 2.75) is 9.79 Å². The minimum absolute atomic E-state index is 0.232. The van der Waals surface area contributed by atoms with E-state index >= 15 is 0 Å². The highest BCUT2D eigenvalue weighted by atomic mass is 32.2. The Morgan fingerprint density at radius 2 is 1.31 bits per heavy atom. The average Bonchev–Trinajstić information content (AvgIpc) is 2.52. The molecule has 0 aliphatic heterocycles. The van der Waals surface area contributed by atoms with Crippen LogP contribution in [-0.2, 0) is 20.2 Å². The molecule has 4 N–H and O–H groups in total. The Hall–Kier alpha value is -2.66. The van der Waals surface area contributed by atoms with Crippen LogP contribution in [0.4, 0.5) is 11.4 Å². The molecular weight excluding hydrogens is 382 g/mol. The lowest BCUT2D eigenvalue weighted by atomic mass is 10.1. The maximum atomic E-state index is 11.2. The number of phenolic OH excluding ortho intramolecular Hbond substituents is 1. The summed E-state index contributed by atoms with van der Waals surface area (Å²) in [5.41, 5.74) is 1.15. The minimum Gasteiger partial charge on any atom is -0.506 e. The van der Waals surface area contributed by atoms with Crippen LogP contribution in [0.5, 0.6) is 5.75 Å². The lowest BCUT2D eigenvalue weighted by molar-refractivity contribution is 0.444. The fourth-order valence-corrected chi connectivity index (χ4v) is 3.51. The third-order valence-corrected chi connectivity index (χ3v) is 5.39. The largest absolute Gasteiger partial charge is 0.506 e. The van der Waals surface area contributed by atoms with Crippen LogP contribution in [0.1, 0.15) is 0 Å². The van der Waals surface area contributed by atoms with Crippen molar-refractivity contribution < 1.29 is 31.0 Å². The molecule has 0 spiro atoms. The molecule has 8 nitrogen and oxygen atoms in total. The van der Waals surface area contributed by atoms with Gasteiger partial charge in [-0.05, 0) is 59.3 Å². The third-order valence-electron chi connectivity index (χ3n) is 3.64. The Balaban J connectivity index is 1.94. The van der Waals surface area contributed by atoms with Crippen molar-refractivity contribution in [1.29, 1.82) is 0 Å². The number of hydrogen-bond donors (Lipinski definition) is 4. The molecule has 0 bridgehead atoms. The molecule has 3 rings (SSSR count). The van der Waals surface area contributed by atoms with Crippen molar-refractivity contribution in [3.05, 3.63) is 54.6 Å². The van der Waals surface area contributed by atoms with E-state index in [1.54, 1.807) is 18.2 Å². The van der Waals surface area contributed by atoms with E-state index in [9.17, 15) is 21.9 Å². The summed E-state index contributed by atoms with van der Waals surface area (Å²) in [7, 11) is -8.80. The molecule has 0 radical (unpaired) electrons. The fraction of sp³-hybridized carbons (Fsp3) is 0. The second-order valence-corrected chi connectivity index (χ2v) is 8.29. The summed E-state index contributed by atoms with van der Waals surface area (Å²) in [6, 6.07) is 12.7. The van der Waals surface area contributed by atoms with Crippen molar-refractivity contribution in [2.75, 3.05) is 5.32 Å². The van der Waals surface area contributed by atoms with E-state index in [0.717, 1.165) is 6.07 Å². The van der Waals surface area contributed by atoms with Gasteiger partial charge in [0, 0.05) is 11.4 Å². The summed E-state index contributed by atoms with van der Waals surface area (Å²) < 4.78 is 62.6. The molecule has 0 heterocycles. The molecule has 3 aromatic carbocycles. The molecule has 0 unspecified atom stereocenters. The number of aromatic hydroxyl groups is 1. The Morgan fingerprint density at radius 3 is 1.88 bits per heavy atom. The van der Waals surface area contributed by atoms with Crippen LogP contribution in [0.15, 0.2) is 64.4 Å². The topological polar surface area (TPSA) is 141 Å². The second kappa shape index (κ2) is 6.25. The van der Waals surface area contributed by atoms with Gasteiger partial charge in [0.2, 0.25) is 0 Å². The van der Waals surface area contributed by atoms with E-state index in [2.05, 4.69) is 5.32 Å². The monoisotopic (exact) mass is 395 g/mol. The van der Waals surface area contributed by atoms with Crippen molar-refractivity contribution in [3.8, 4) is 5.75 Å². The van der Waals surface area contributed by atoms with Crippen LogP contribution in [0.3, 0.4) is 0 Å². The first kappa shape index (κ1) is 18.1. The number of rotatable bonds is 4. The predicted octanol–water partition coefficient (Wildman–Crippen LogP) is 2.78. The van der Waals surface area contributed by atoms with E-state index in [0.29, 0.717) is 22.1 Å². The van der Waals surface area contributed by atoms with Gasteiger partial charge in [-0.25, -0.2) is 0 Å². The normalized spacial score (nSPS) is 12.2. The molecule has 26 heavy (non-hydrogen) atoms. The van der Waals surface area contributed by atoms with E-state index in [1.165, 1.54) is 30.3 Å². The first-order valence-electron chi connectivity index (χ1n) is 7.13. The van der Waals surface area contributed by atoms with Crippen molar-refractivity contribution >= 4 is 42.4 Å². The minimum atomic E-state index is -4.53. The summed E-state index contributed by atoms with van der Waals surface area (Å²) in [4.78, 5) is -0.810. The van der Waals surface area contributed by atoms with Crippen LogP contribution < -0.4 is 5.32 Å². The SMILES string of the molecule is O=S(=O)(O)c1ccc(Nc2ccc3cc(S(=O)(=O)O)c(O)cc3c2)cc1. The highest BCUT2D eigenvalue weighted by molar-refractivity contribution is 7.86. The number of nitrogens with one attached hydrogen (secondary N) is 1. The van der Waals surface area contributed by atoms with Crippen LogP contribution in [-0.4, -0.2) is 31.0 Å². The van der Waals surface area contributed by atoms with Crippen LogP contribution in [0.25, 0.3) is 10.8 Å². The van der Waals surface area contributed by atoms with E-state index in [1.807, 2.05) is 0 Å². The summed E-state index contributed by atoms with van der Waals surface area (Å²) in [6.07, 6.45) is 0. The Bertz CT molecular complexity index is 1200. The summed E-state index contributed by atoms with van der Waals surface area (Å²) in [5, 5.41) is 13.8. The first-order valence-corrected chi connectivity index (χ1v) is 10.0. The van der Waals surface area contributed by atoms with Gasteiger partial charge in [-0.3, -0.25) is 9.11 Å². The molecule has 0 saturated carbocycles. The lowest BCUT2D eigenvalue weighted by Gasteiger charge is -2.09. The van der Waals surface area contributed by atoms with Crippen molar-refractivity contribution in [1.82, 2.24) is 0 Å². The third kappa shape index (κ3) is 3.78. The molecule has 0 saturated heterocycles. The number of benzene rings is 3. The van der Waals surface area contributed by atoms with Gasteiger partial charge in [-0.2, -0.15) is 16.8 Å². The summed E-state index contributed by atoms with van der Waals surface area (Å²) >= 11 is 0. The maximum absolute atomic E-state index is 11.2. The van der Waals surface area contributed by atoms with Crippen LogP contribution >= 0.6 is 0 Å². The van der Waals surface area contributed by atoms with E-state index in [-0.39, 0.29) is 4.90 Å². The molecule has 0 aliphatic rings. The molecule has 0 atom stereocenters. The molecule has 0 amide bonds. The molecule has 0 fully saturated rings. The number of phenols is 1. The first-order chi connectivity index (χ1) is 12.0. The van der Waals surface area contributed by atoms with Crippen molar-refractivity contribution in [3.63, 3.8) is 0 Å². The smallest absolute Gasteiger partial charge is 0.298 e. The Kier molecular flexibility index (Phi) is 4.36. The zero-order chi connectivity index (χ0) is 19.1. The average molecular weight is 395 g/mol. The Morgan fingerprint density at radius 1 is 0.692 bits per heavy atom. The van der Waals surface area contributed by atoms with Gasteiger partial charge in [-0.1, -0.05) is 6.07 Å². The zero-order valence-corrected chi connectivity index (χ0v) is 14.6. The number of anilines is 2. The molecular formula is C16H13NO7S2. The van der Waals surface area contributed by atoms with E-state index < -0.39 is 30.9 Å². The van der Waals surface area contributed by atoms with Gasteiger partial charge in [-0.15, -0.1) is 0 Å².